The molecule has 0 atom stereocenters. The second-order valence-electron chi connectivity index (χ2n) is 7.31. The monoisotopic (exact) mass is 396 g/mol. The highest BCUT2D eigenvalue weighted by atomic mass is 19.4. The van der Waals surface area contributed by atoms with Crippen LogP contribution in [0.5, 0.6) is 0 Å². The van der Waals surface area contributed by atoms with E-state index in [2.05, 4.69) is 15.5 Å². The van der Waals surface area contributed by atoms with E-state index in [1.165, 1.54) is 12.1 Å². The van der Waals surface area contributed by atoms with Gasteiger partial charge in [-0.1, -0.05) is 19.9 Å². The lowest BCUT2D eigenvalue weighted by molar-refractivity contribution is -0.137. The Hall–Kier alpha value is -2.42. The highest BCUT2D eigenvalue weighted by molar-refractivity contribution is 5.92. The van der Waals surface area contributed by atoms with Gasteiger partial charge in [0.15, 0.2) is 0 Å². The van der Waals surface area contributed by atoms with Crippen LogP contribution in [0.1, 0.15) is 55.9 Å². The van der Waals surface area contributed by atoms with E-state index in [4.69, 9.17) is 4.42 Å². The first-order chi connectivity index (χ1) is 13.2. The summed E-state index contributed by atoms with van der Waals surface area (Å²) in [5, 5.41) is 10.7. The Bertz CT molecular complexity index is 812. The average molecular weight is 396 g/mol. The van der Waals surface area contributed by atoms with Crippen LogP contribution in [0.4, 0.5) is 18.9 Å². The summed E-state index contributed by atoms with van der Waals surface area (Å²) < 4.78 is 44.0. The topological polar surface area (TPSA) is 71.3 Å². The average Bonchev–Trinajstić information content (AvgIpc) is 3.12. The SMILES string of the molecule is CC(C)c1nnc(C2CCN(CC(=O)Nc3cccc(C(F)(F)F)c3)CC2)o1. The zero-order chi connectivity index (χ0) is 20.3. The maximum absolute atomic E-state index is 12.8. The van der Waals surface area contributed by atoms with Gasteiger partial charge in [0, 0.05) is 17.5 Å². The summed E-state index contributed by atoms with van der Waals surface area (Å²) in [6.45, 7) is 5.47. The van der Waals surface area contributed by atoms with Gasteiger partial charge in [0.05, 0.1) is 12.1 Å². The molecule has 0 spiro atoms. The third-order valence-corrected chi connectivity index (χ3v) is 4.73. The predicted molar refractivity (Wildman–Crippen MR) is 96.9 cm³/mol. The highest BCUT2D eigenvalue weighted by Crippen LogP contribution is 2.31. The number of halogens is 3. The number of rotatable bonds is 5. The normalized spacial score (nSPS) is 16.5. The van der Waals surface area contributed by atoms with Gasteiger partial charge in [0.25, 0.3) is 0 Å². The molecule has 1 N–H and O–H groups in total. The van der Waals surface area contributed by atoms with Crippen molar-refractivity contribution in [1.29, 1.82) is 0 Å². The molecule has 0 unspecified atom stereocenters. The first-order valence-corrected chi connectivity index (χ1v) is 9.25. The number of amides is 1. The molecule has 6 nitrogen and oxygen atoms in total. The summed E-state index contributed by atoms with van der Waals surface area (Å²) in [6, 6.07) is 4.63. The number of hydrogen-bond donors (Lipinski definition) is 1. The van der Waals surface area contributed by atoms with Crippen molar-refractivity contribution in [3.63, 3.8) is 0 Å². The molecule has 0 bridgehead atoms. The van der Waals surface area contributed by atoms with Crippen LogP contribution in [0.15, 0.2) is 28.7 Å². The van der Waals surface area contributed by atoms with Crippen molar-refractivity contribution in [2.75, 3.05) is 25.0 Å². The van der Waals surface area contributed by atoms with E-state index in [-0.39, 0.29) is 30.0 Å². The van der Waals surface area contributed by atoms with E-state index < -0.39 is 11.7 Å². The van der Waals surface area contributed by atoms with Crippen LogP contribution in [0, 0.1) is 0 Å². The van der Waals surface area contributed by atoms with Gasteiger partial charge >= 0.3 is 6.18 Å². The van der Waals surface area contributed by atoms with E-state index in [0.717, 1.165) is 25.0 Å². The lowest BCUT2D eigenvalue weighted by Gasteiger charge is -2.29. The zero-order valence-corrected chi connectivity index (χ0v) is 15.8. The van der Waals surface area contributed by atoms with Crippen LogP contribution in [0.25, 0.3) is 0 Å². The van der Waals surface area contributed by atoms with Crippen molar-refractivity contribution < 1.29 is 22.4 Å². The third kappa shape index (κ3) is 5.09. The summed E-state index contributed by atoms with van der Waals surface area (Å²) in [6.07, 6.45) is -2.86. The van der Waals surface area contributed by atoms with Crippen LogP contribution >= 0.6 is 0 Å². The number of nitrogens with zero attached hydrogens (tertiary/aromatic N) is 3. The fourth-order valence-corrected chi connectivity index (χ4v) is 3.16. The first-order valence-electron chi connectivity index (χ1n) is 9.25. The second kappa shape index (κ2) is 8.30. The fourth-order valence-electron chi connectivity index (χ4n) is 3.16. The van der Waals surface area contributed by atoms with Crippen LogP contribution in [-0.2, 0) is 11.0 Å². The molecule has 2 heterocycles. The molecule has 3 rings (SSSR count). The van der Waals surface area contributed by atoms with E-state index in [1.54, 1.807) is 0 Å². The molecule has 9 heteroatoms. The van der Waals surface area contributed by atoms with Crippen molar-refractivity contribution in [2.45, 2.75) is 44.7 Å². The quantitative estimate of drug-likeness (QED) is 0.826. The number of anilines is 1. The van der Waals surface area contributed by atoms with E-state index in [0.29, 0.717) is 24.9 Å². The Kier molecular flexibility index (Phi) is 6.02. The van der Waals surface area contributed by atoms with Gasteiger partial charge in [-0.15, -0.1) is 10.2 Å². The number of carbonyl (C=O) groups excluding carboxylic acids is 1. The molecule has 2 aromatic rings. The highest BCUT2D eigenvalue weighted by Gasteiger charge is 2.31. The molecule has 1 aliphatic rings. The summed E-state index contributed by atoms with van der Waals surface area (Å²) in [5.41, 5.74) is -0.645. The van der Waals surface area contributed by atoms with E-state index >= 15 is 0 Å². The number of piperidine rings is 1. The number of aromatic nitrogens is 2. The molecule has 0 radical (unpaired) electrons. The third-order valence-electron chi connectivity index (χ3n) is 4.73. The van der Waals surface area contributed by atoms with Gasteiger partial charge in [-0.25, -0.2) is 0 Å². The number of nitrogens with one attached hydrogen (secondary N) is 1. The van der Waals surface area contributed by atoms with Gasteiger partial charge in [0.1, 0.15) is 0 Å². The maximum Gasteiger partial charge on any atom is 0.416 e. The minimum absolute atomic E-state index is 0.129. The molecule has 1 saturated heterocycles. The Morgan fingerprint density at radius 3 is 2.61 bits per heavy atom. The van der Waals surface area contributed by atoms with Gasteiger partial charge in [-0.3, -0.25) is 9.69 Å². The van der Waals surface area contributed by atoms with Crippen molar-refractivity contribution >= 4 is 11.6 Å². The molecule has 0 aliphatic carbocycles. The first kappa shape index (κ1) is 20.3. The smallest absolute Gasteiger partial charge is 0.416 e. The number of alkyl halides is 3. The Labute approximate surface area is 161 Å². The Morgan fingerprint density at radius 2 is 2.00 bits per heavy atom. The van der Waals surface area contributed by atoms with Crippen molar-refractivity contribution in [3.05, 3.63) is 41.6 Å². The molecule has 0 saturated carbocycles. The van der Waals surface area contributed by atoms with Gasteiger partial charge < -0.3 is 9.73 Å². The van der Waals surface area contributed by atoms with Crippen molar-refractivity contribution in [3.8, 4) is 0 Å². The summed E-state index contributed by atoms with van der Waals surface area (Å²) >= 11 is 0. The number of hydrogen-bond acceptors (Lipinski definition) is 5. The number of benzene rings is 1. The Morgan fingerprint density at radius 1 is 1.29 bits per heavy atom. The van der Waals surface area contributed by atoms with Gasteiger partial charge in [-0.05, 0) is 44.1 Å². The molecule has 1 aromatic heterocycles. The molecule has 1 aliphatic heterocycles. The fraction of sp³-hybridized carbons (Fsp3) is 0.526. The lowest BCUT2D eigenvalue weighted by atomic mass is 9.97. The second-order valence-corrected chi connectivity index (χ2v) is 7.31. The van der Waals surface area contributed by atoms with Gasteiger partial charge in [-0.2, -0.15) is 13.2 Å². The van der Waals surface area contributed by atoms with E-state index in [9.17, 15) is 18.0 Å². The number of carbonyl (C=O) groups is 1. The summed E-state index contributed by atoms with van der Waals surface area (Å²) in [7, 11) is 0. The maximum atomic E-state index is 12.8. The molecule has 28 heavy (non-hydrogen) atoms. The largest absolute Gasteiger partial charge is 0.425 e. The number of likely N-dealkylation sites (tertiary alicyclic amines) is 1. The van der Waals surface area contributed by atoms with Crippen molar-refractivity contribution in [1.82, 2.24) is 15.1 Å². The van der Waals surface area contributed by atoms with Gasteiger partial charge in [0.2, 0.25) is 17.7 Å². The van der Waals surface area contributed by atoms with Crippen molar-refractivity contribution in [2.24, 2.45) is 0 Å². The summed E-state index contributed by atoms with van der Waals surface area (Å²) in [5.74, 6) is 1.27. The molecular weight excluding hydrogens is 373 g/mol. The lowest BCUT2D eigenvalue weighted by Crippen LogP contribution is -2.38. The minimum Gasteiger partial charge on any atom is -0.425 e. The molecular formula is C19H23F3N4O2. The van der Waals surface area contributed by atoms with Crippen LogP contribution in [0.3, 0.4) is 0 Å². The van der Waals surface area contributed by atoms with Crippen LogP contribution < -0.4 is 5.32 Å². The molecule has 1 fully saturated rings. The molecule has 1 amide bonds. The predicted octanol–water partition coefficient (Wildman–Crippen LogP) is 4.03. The Balaban J connectivity index is 1.50. The van der Waals surface area contributed by atoms with Crippen LogP contribution in [-0.4, -0.2) is 40.6 Å². The standard InChI is InChI=1S/C19H23F3N4O2/c1-12(2)17-24-25-18(28-17)13-6-8-26(9-7-13)11-16(27)23-15-5-3-4-14(10-15)19(20,21)22/h3-5,10,12-13H,6-9,11H2,1-2H3,(H,23,27). The zero-order valence-electron chi connectivity index (χ0n) is 15.8. The summed E-state index contributed by atoms with van der Waals surface area (Å²) in [4.78, 5) is 14.2. The van der Waals surface area contributed by atoms with E-state index in [1.807, 2.05) is 18.7 Å². The minimum atomic E-state index is -4.44. The molecule has 152 valence electrons. The molecule has 1 aromatic carbocycles. The van der Waals surface area contributed by atoms with Crippen LogP contribution in [0.2, 0.25) is 0 Å².